The number of hydrogen-bond donors (Lipinski definition) is 1. The van der Waals surface area contributed by atoms with E-state index < -0.39 is 10.0 Å². The topological polar surface area (TPSA) is 75.7 Å². The quantitative estimate of drug-likeness (QED) is 0.658. The van der Waals surface area contributed by atoms with Gasteiger partial charge in [-0.05, 0) is 67.5 Å². The van der Waals surface area contributed by atoms with Gasteiger partial charge < -0.3 is 10.1 Å². The molecule has 1 aliphatic heterocycles. The van der Waals surface area contributed by atoms with Crippen LogP contribution in [-0.2, 0) is 10.0 Å². The predicted octanol–water partition coefficient (Wildman–Crippen LogP) is 4.31. The molecule has 1 N–H and O–H groups in total. The highest BCUT2D eigenvalue weighted by atomic mass is 32.2. The molecule has 2 aromatic carbocycles. The third-order valence-electron chi connectivity index (χ3n) is 5.69. The van der Waals surface area contributed by atoms with Crippen LogP contribution in [0.15, 0.2) is 47.4 Å². The summed E-state index contributed by atoms with van der Waals surface area (Å²) < 4.78 is 32.6. The van der Waals surface area contributed by atoms with Gasteiger partial charge in [0.05, 0.1) is 18.0 Å². The van der Waals surface area contributed by atoms with Gasteiger partial charge >= 0.3 is 0 Å². The Morgan fingerprint density at radius 1 is 1.10 bits per heavy atom. The van der Waals surface area contributed by atoms with Crippen LogP contribution in [0.5, 0.6) is 5.75 Å². The number of sulfonamides is 1. The van der Waals surface area contributed by atoms with Crippen molar-refractivity contribution in [1.29, 1.82) is 0 Å². The van der Waals surface area contributed by atoms with E-state index in [1.165, 1.54) is 10.4 Å². The third-order valence-corrected chi connectivity index (χ3v) is 7.58. The lowest BCUT2D eigenvalue weighted by atomic mass is 9.96. The molecule has 0 spiro atoms. The molecule has 1 heterocycles. The van der Waals surface area contributed by atoms with E-state index in [0.29, 0.717) is 24.6 Å². The highest BCUT2D eigenvalue weighted by molar-refractivity contribution is 7.89. The van der Waals surface area contributed by atoms with E-state index in [-0.39, 0.29) is 16.8 Å². The first-order valence-electron chi connectivity index (χ1n) is 10.8. The molecule has 0 unspecified atom stereocenters. The summed E-state index contributed by atoms with van der Waals surface area (Å²) in [7, 11) is -1.96. The predicted molar refractivity (Wildman–Crippen MR) is 122 cm³/mol. The van der Waals surface area contributed by atoms with Crippen LogP contribution in [0.25, 0.3) is 0 Å². The lowest BCUT2D eigenvalue weighted by Crippen LogP contribution is -2.31. The first kappa shape index (κ1) is 23.3. The molecule has 31 heavy (non-hydrogen) atoms. The number of ether oxygens (including phenoxy) is 1. The van der Waals surface area contributed by atoms with Crippen LogP contribution < -0.4 is 10.1 Å². The second kappa shape index (κ2) is 9.83. The SMILES string of the molecule is COc1ccc([C@@H](CC(C)C)NC(=O)c2cc(S(=O)(=O)N3CCCC3)ccc2C)cc1. The Labute approximate surface area is 185 Å². The Morgan fingerprint density at radius 3 is 2.32 bits per heavy atom. The average Bonchev–Trinajstić information content (AvgIpc) is 3.29. The van der Waals surface area contributed by atoms with Crippen LogP contribution in [0.2, 0.25) is 0 Å². The van der Waals surface area contributed by atoms with Crippen molar-refractivity contribution in [2.45, 2.75) is 51.0 Å². The zero-order chi connectivity index (χ0) is 22.6. The van der Waals surface area contributed by atoms with E-state index in [9.17, 15) is 13.2 Å². The maximum absolute atomic E-state index is 13.2. The number of aryl methyl sites for hydroxylation is 1. The van der Waals surface area contributed by atoms with E-state index >= 15 is 0 Å². The Morgan fingerprint density at radius 2 is 1.74 bits per heavy atom. The van der Waals surface area contributed by atoms with Gasteiger partial charge in [0.2, 0.25) is 10.0 Å². The molecule has 0 radical (unpaired) electrons. The number of nitrogens with one attached hydrogen (secondary N) is 1. The van der Waals surface area contributed by atoms with Gasteiger partial charge in [0, 0.05) is 18.7 Å². The van der Waals surface area contributed by atoms with Crippen molar-refractivity contribution in [3.63, 3.8) is 0 Å². The van der Waals surface area contributed by atoms with Crippen LogP contribution in [-0.4, -0.2) is 38.8 Å². The van der Waals surface area contributed by atoms with Gasteiger partial charge in [-0.25, -0.2) is 8.42 Å². The maximum atomic E-state index is 13.2. The maximum Gasteiger partial charge on any atom is 0.252 e. The molecule has 1 atom stereocenters. The smallest absolute Gasteiger partial charge is 0.252 e. The molecule has 1 aliphatic rings. The van der Waals surface area contributed by atoms with Crippen molar-refractivity contribution in [3.8, 4) is 5.75 Å². The summed E-state index contributed by atoms with van der Waals surface area (Å²) in [5.74, 6) is 0.863. The highest BCUT2D eigenvalue weighted by Gasteiger charge is 2.28. The van der Waals surface area contributed by atoms with Gasteiger partial charge in [-0.15, -0.1) is 0 Å². The molecule has 3 rings (SSSR count). The van der Waals surface area contributed by atoms with Crippen LogP contribution in [0, 0.1) is 12.8 Å². The molecule has 0 saturated carbocycles. The summed E-state index contributed by atoms with van der Waals surface area (Å²) in [4.78, 5) is 13.4. The summed E-state index contributed by atoms with van der Waals surface area (Å²) in [6.07, 6.45) is 2.51. The Hall–Kier alpha value is -2.38. The van der Waals surface area contributed by atoms with Gasteiger partial charge in [0.25, 0.3) is 5.91 Å². The molecule has 1 fully saturated rings. The molecule has 7 heteroatoms. The second-order valence-electron chi connectivity index (χ2n) is 8.52. The van der Waals surface area contributed by atoms with Gasteiger partial charge in [0.15, 0.2) is 0 Å². The molecule has 0 aliphatic carbocycles. The van der Waals surface area contributed by atoms with Gasteiger partial charge in [-0.2, -0.15) is 4.31 Å². The Kier molecular flexibility index (Phi) is 7.38. The number of methoxy groups -OCH3 is 1. The average molecular weight is 445 g/mol. The number of hydrogen-bond acceptors (Lipinski definition) is 4. The first-order chi connectivity index (χ1) is 14.7. The molecular formula is C24H32N2O4S. The summed E-state index contributed by atoms with van der Waals surface area (Å²) >= 11 is 0. The first-order valence-corrected chi connectivity index (χ1v) is 12.2. The number of benzene rings is 2. The molecule has 1 amide bonds. The van der Waals surface area contributed by atoms with Crippen LogP contribution in [0.4, 0.5) is 0 Å². The van der Waals surface area contributed by atoms with Crippen molar-refractivity contribution in [2.75, 3.05) is 20.2 Å². The minimum absolute atomic E-state index is 0.176. The summed E-state index contributed by atoms with van der Waals surface area (Å²) in [6.45, 7) is 7.11. The molecular weight excluding hydrogens is 412 g/mol. The molecule has 6 nitrogen and oxygen atoms in total. The van der Waals surface area contributed by atoms with Crippen LogP contribution in [0.1, 0.15) is 60.6 Å². The lowest BCUT2D eigenvalue weighted by molar-refractivity contribution is 0.0931. The second-order valence-corrected chi connectivity index (χ2v) is 10.5. The number of rotatable bonds is 8. The number of carbonyl (C=O) groups excluding carboxylic acids is 1. The van der Waals surface area contributed by atoms with Crippen molar-refractivity contribution >= 4 is 15.9 Å². The van der Waals surface area contributed by atoms with E-state index in [1.54, 1.807) is 19.2 Å². The van der Waals surface area contributed by atoms with Crippen LogP contribution >= 0.6 is 0 Å². The van der Waals surface area contributed by atoms with Crippen molar-refractivity contribution < 1.29 is 17.9 Å². The Balaban J connectivity index is 1.87. The minimum atomic E-state index is -3.58. The third kappa shape index (κ3) is 5.46. The molecule has 1 saturated heterocycles. The molecule has 168 valence electrons. The van der Waals surface area contributed by atoms with Crippen molar-refractivity contribution in [2.24, 2.45) is 5.92 Å². The summed E-state index contributed by atoms with van der Waals surface area (Å²) in [5, 5.41) is 3.12. The Bertz CT molecular complexity index is 1010. The monoisotopic (exact) mass is 444 g/mol. The summed E-state index contributed by atoms with van der Waals surface area (Å²) in [5.41, 5.74) is 2.12. The zero-order valence-electron chi connectivity index (χ0n) is 18.7. The normalized spacial score (nSPS) is 15.8. The largest absolute Gasteiger partial charge is 0.497 e. The highest BCUT2D eigenvalue weighted by Crippen LogP contribution is 2.26. The number of carbonyl (C=O) groups is 1. The van der Waals surface area contributed by atoms with Crippen molar-refractivity contribution in [1.82, 2.24) is 9.62 Å². The fourth-order valence-corrected chi connectivity index (χ4v) is 5.45. The molecule has 0 bridgehead atoms. The number of nitrogens with zero attached hydrogens (tertiary/aromatic N) is 1. The fourth-order valence-electron chi connectivity index (χ4n) is 3.91. The van der Waals surface area contributed by atoms with Gasteiger partial charge in [-0.3, -0.25) is 4.79 Å². The van der Waals surface area contributed by atoms with E-state index in [2.05, 4.69) is 19.2 Å². The minimum Gasteiger partial charge on any atom is -0.497 e. The van der Waals surface area contributed by atoms with Gasteiger partial charge in [0.1, 0.15) is 5.75 Å². The summed E-state index contributed by atoms with van der Waals surface area (Å²) in [6, 6.07) is 12.3. The van der Waals surface area contributed by atoms with E-state index in [1.807, 2.05) is 31.2 Å². The standard InChI is InChI=1S/C24H32N2O4S/c1-17(2)15-23(19-8-10-20(30-4)11-9-19)25-24(27)22-16-21(12-7-18(22)3)31(28,29)26-13-5-6-14-26/h7-12,16-17,23H,5-6,13-15H2,1-4H3,(H,25,27)/t23-/m1/s1. The van der Waals surface area contributed by atoms with Crippen LogP contribution in [0.3, 0.4) is 0 Å². The lowest BCUT2D eigenvalue weighted by Gasteiger charge is -2.22. The van der Waals surface area contributed by atoms with Crippen molar-refractivity contribution in [3.05, 3.63) is 59.2 Å². The van der Waals surface area contributed by atoms with E-state index in [4.69, 9.17) is 4.74 Å². The number of amides is 1. The zero-order valence-corrected chi connectivity index (χ0v) is 19.5. The molecule has 0 aromatic heterocycles. The fraction of sp³-hybridized carbons (Fsp3) is 0.458. The van der Waals surface area contributed by atoms with E-state index in [0.717, 1.165) is 36.1 Å². The molecule has 2 aromatic rings. The van der Waals surface area contributed by atoms with Gasteiger partial charge in [-0.1, -0.05) is 32.0 Å².